The Bertz CT molecular complexity index is 836. The van der Waals surface area contributed by atoms with Gasteiger partial charge in [0, 0.05) is 17.8 Å². The van der Waals surface area contributed by atoms with Crippen LogP contribution in [0, 0.1) is 0 Å². The second-order valence-electron chi connectivity index (χ2n) is 6.22. The molecule has 0 saturated heterocycles. The van der Waals surface area contributed by atoms with E-state index in [1.54, 1.807) is 12.1 Å². The standard InChI is InChI=1S/C22H27NO4.ClH/c1-4-25-20-8-7-15(12-19(20)24)11-18-17-14-22(27-6-3)21(26-5-2)13-16(17)9-10-23-18;/h7-8,11-14,23-24H,4-6,9-10H2,1-3H3;1H/b18-11-;. The van der Waals surface area contributed by atoms with Crippen molar-refractivity contribution in [1.29, 1.82) is 0 Å². The number of benzene rings is 2. The Labute approximate surface area is 172 Å². The van der Waals surface area contributed by atoms with E-state index >= 15 is 0 Å². The molecule has 1 aliphatic heterocycles. The van der Waals surface area contributed by atoms with Crippen LogP contribution in [0.2, 0.25) is 0 Å². The molecule has 5 nitrogen and oxygen atoms in total. The molecule has 6 heteroatoms. The van der Waals surface area contributed by atoms with Crippen LogP contribution in [0.4, 0.5) is 0 Å². The van der Waals surface area contributed by atoms with Gasteiger partial charge in [-0.05, 0) is 68.7 Å². The van der Waals surface area contributed by atoms with Crippen LogP contribution < -0.4 is 19.5 Å². The molecule has 3 rings (SSSR count). The number of rotatable bonds is 7. The molecule has 0 saturated carbocycles. The lowest BCUT2D eigenvalue weighted by atomic mass is 9.96. The highest BCUT2D eigenvalue weighted by atomic mass is 35.5. The van der Waals surface area contributed by atoms with E-state index in [0.29, 0.717) is 25.6 Å². The molecule has 2 aromatic carbocycles. The molecule has 0 aliphatic carbocycles. The summed E-state index contributed by atoms with van der Waals surface area (Å²) in [4.78, 5) is 0. The number of ether oxygens (including phenoxy) is 3. The zero-order valence-electron chi connectivity index (χ0n) is 16.6. The van der Waals surface area contributed by atoms with Crippen molar-refractivity contribution in [2.45, 2.75) is 27.2 Å². The Morgan fingerprint density at radius 2 is 1.57 bits per heavy atom. The fourth-order valence-electron chi connectivity index (χ4n) is 3.22. The van der Waals surface area contributed by atoms with Crippen LogP contribution >= 0.6 is 12.4 Å². The number of fused-ring (bicyclic) bond motifs is 1. The summed E-state index contributed by atoms with van der Waals surface area (Å²) < 4.78 is 16.9. The number of hydrogen-bond donors (Lipinski definition) is 2. The van der Waals surface area contributed by atoms with Crippen LogP contribution in [0.25, 0.3) is 11.8 Å². The summed E-state index contributed by atoms with van der Waals surface area (Å²) in [5.74, 6) is 2.18. The minimum absolute atomic E-state index is 0. The molecule has 0 atom stereocenters. The highest BCUT2D eigenvalue weighted by Crippen LogP contribution is 2.36. The number of phenolic OH excluding ortho intramolecular Hbond substituents is 1. The van der Waals surface area contributed by atoms with E-state index < -0.39 is 0 Å². The number of halogens is 1. The average Bonchev–Trinajstić information content (AvgIpc) is 2.65. The highest BCUT2D eigenvalue weighted by molar-refractivity contribution is 5.85. The SMILES string of the molecule is CCOc1ccc(/C=C2\NCCc3cc(OCC)c(OCC)cc32)cc1O.Cl. The third-order valence-electron chi connectivity index (χ3n) is 4.36. The van der Waals surface area contributed by atoms with Crippen molar-refractivity contribution in [3.05, 3.63) is 47.0 Å². The predicted octanol–water partition coefficient (Wildman–Crippen LogP) is 4.65. The molecule has 0 amide bonds. The first-order valence-electron chi connectivity index (χ1n) is 9.50. The van der Waals surface area contributed by atoms with Crippen LogP contribution in [-0.2, 0) is 6.42 Å². The van der Waals surface area contributed by atoms with Gasteiger partial charge in [0.15, 0.2) is 23.0 Å². The molecular formula is C22H28ClNO4. The second kappa shape index (κ2) is 10.1. The van der Waals surface area contributed by atoms with Crippen molar-refractivity contribution in [2.75, 3.05) is 26.4 Å². The van der Waals surface area contributed by atoms with Crippen molar-refractivity contribution in [1.82, 2.24) is 5.32 Å². The van der Waals surface area contributed by atoms with Crippen molar-refractivity contribution in [2.24, 2.45) is 0 Å². The molecule has 2 aromatic rings. The Hall–Kier alpha value is -2.53. The Kier molecular flexibility index (Phi) is 7.88. The van der Waals surface area contributed by atoms with Gasteiger partial charge in [-0.15, -0.1) is 12.4 Å². The Morgan fingerprint density at radius 1 is 0.929 bits per heavy atom. The van der Waals surface area contributed by atoms with E-state index in [4.69, 9.17) is 14.2 Å². The zero-order chi connectivity index (χ0) is 19.2. The third-order valence-corrected chi connectivity index (χ3v) is 4.36. The Balaban J connectivity index is 0.00000280. The summed E-state index contributed by atoms with van der Waals surface area (Å²) >= 11 is 0. The molecule has 0 unspecified atom stereocenters. The monoisotopic (exact) mass is 405 g/mol. The number of aromatic hydroxyl groups is 1. The molecule has 0 aromatic heterocycles. The van der Waals surface area contributed by atoms with Crippen LogP contribution in [0.3, 0.4) is 0 Å². The lowest BCUT2D eigenvalue weighted by Gasteiger charge is -2.24. The van der Waals surface area contributed by atoms with Crippen LogP contribution in [0.1, 0.15) is 37.5 Å². The van der Waals surface area contributed by atoms with Crippen LogP contribution in [0.15, 0.2) is 30.3 Å². The van der Waals surface area contributed by atoms with Crippen LogP contribution in [0.5, 0.6) is 23.0 Å². The van der Waals surface area contributed by atoms with Gasteiger partial charge < -0.3 is 24.6 Å². The molecule has 2 N–H and O–H groups in total. The van der Waals surface area contributed by atoms with Gasteiger partial charge in [-0.1, -0.05) is 6.07 Å². The molecule has 0 radical (unpaired) electrons. The maximum absolute atomic E-state index is 10.1. The van der Waals surface area contributed by atoms with E-state index in [9.17, 15) is 5.11 Å². The number of nitrogens with one attached hydrogen (secondary N) is 1. The fourth-order valence-corrected chi connectivity index (χ4v) is 3.22. The van der Waals surface area contributed by atoms with Gasteiger partial charge in [-0.2, -0.15) is 0 Å². The van der Waals surface area contributed by atoms with E-state index in [1.165, 1.54) is 5.56 Å². The molecule has 0 fully saturated rings. The van der Waals surface area contributed by atoms with Gasteiger partial charge in [0.25, 0.3) is 0 Å². The molecule has 152 valence electrons. The largest absolute Gasteiger partial charge is 0.504 e. The first-order chi connectivity index (χ1) is 13.2. The van der Waals surface area contributed by atoms with Gasteiger partial charge in [0.1, 0.15) is 0 Å². The van der Waals surface area contributed by atoms with Gasteiger partial charge in [-0.25, -0.2) is 0 Å². The second-order valence-corrected chi connectivity index (χ2v) is 6.22. The first kappa shape index (κ1) is 21.8. The molecule has 1 heterocycles. The van der Waals surface area contributed by atoms with E-state index in [-0.39, 0.29) is 18.2 Å². The minimum Gasteiger partial charge on any atom is -0.504 e. The summed E-state index contributed by atoms with van der Waals surface area (Å²) in [6.45, 7) is 8.38. The van der Waals surface area contributed by atoms with E-state index in [1.807, 2.05) is 39.0 Å². The molecular weight excluding hydrogens is 378 g/mol. The number of hydrogen-bond acceptors (Lipinski definition) is 5. The van der Waals surface area contributed by atoms with Crippen molar-refractivity contribution in [3.8, 4) is 23.0 Å². The maximum atomic E-state index is 10.1. The van der Waals surface area contributed by atoms with Crippen LogP contribution in [-0.4, -0.2) is 31.5 Å². The van der Waals surface area contributed by atoms with Gasteiger partial charge in [-0.3, -0.25) is 0 Å². The quantitative estimate of drug-likeness (QED) is 0.701. The molecule has 0 bridgehead atoms. The minimum atomic E-state index is 0. The zero-order valence-corrected chi connectivity index (χ0v) is 17.4. The van der Waals surface area contributed by atoms with Crippen molar-refractivity contribution >= 4 is 24.2 Å². The van der Waals surface area contributed by atoms with Gasteiger partial charge >= 0.3 is 0 Å². The average molecular weight is 406 g/mol. The maximum Gasteiger partial charge on any atom is 0.161 e. The van der Waals surface area contributed by atoms with Gasteiger partial charge in [0.05, 0.1) is 19.8 Å². The molecule has 0 spiro atoms. The summed E-state index contributed by atoms with van der Waals surface area (Å²) in [6.07, 6.45) is 2.96. The van der Waals surface area contributed by atoms with E-state index in [2.05, 4.69) is 11.4 Å². The fraction of sp³-hybridized carbons (Fsp3) is 0.364. The lowest BCUT2D eigenvalue weighted by molar-refractivity contribution is 0.287. The smallest absolute Gasteiger partial charge is 0.161 e. The van der Waals surface area contributed by atoms with Crippen molar-refractivity contribution < 1.29 is 19.3 Å². The summed E-state index contributed by atoms with van der Waals surface area (Å²) in [5.41, 5.74) is 4.23. The summed E-state index contributed by atoms with van der Waals surface area (Å²) in [7, 11) is 0. The Morgan fingerprint density at radius 3 is 2.21 bits per heavy atom. The van der Waals surface area contributed by atoms with E-state index in [0.717, 1.165) is 41.3 Å². The highest BCUT2D eigenvalue weighted by Gasteiger charge is 2.18. The lowest BCUT2D eigenvalue weighted by Crippen LogP contribution is -2.22. The summed E-state index contributed by atoms with van der Waals surface area (Å²) in [6, 6.07) is 9.56. The van der Waals surface area contributed by atoms with Gasteiger partial charge in [0.2, 0.25) is 0 Å². The molecule has 1 aliphatic rings. The number of phenols is 1. The first-order valence-corrected chi connectivity index (χ1v) is 9.50. The predicted molar refractivity (Wildman–Crippen MR) is 115 cm³/mol. The van der Waals surface area contributed by atoms with Crippen molar-refractivity contribution in [3.63, 3.8) is 0 Å². The molecule has 28 heavy (non-hydrogen) atoms. The third kappa shape index (κ3) is 4.84. The normalized spacial score (nSPS) is 13.9. The topological polar surface area (TPSA) is 60.0 Å². The summed E-state index contributed by atoms with van der Waals surface area (Å²) in [5, 5.41) is 13.6.